The van der Waals surface area contributed by atoms with Crippen LogP contribution >= 0.6 is 0 Å². The molecule has 1 unspecified atom stereocenters. The predicted molar refractivity (Wildman–Crippen MR) is 72.3 cm³/mol. The second kappa shape index (κ2) is 6.83. The van der Waals surface area contributed by atoms with Crippen molar-refractivity contribution in [1.29, 1.82) is 0 Å². The summed E-state index contributed by atoms with van der Waals surface area (Å²) in [4.78, 5) is 22.4. The van der Waals surface area contributed by atoms with E-state index in [0.717, 1.165) is 6.08 Å². The molecule has 0 saturated carbocycles. The zero-order chi connectivity index (χ0) is 14.4. The van der Waals surface area contributed by atoms with E-state index in [-0.39, 0.29) is 12.5 Å². The highest BCUT2D eigenvalue weighted by molar-refractivity contribution is 5.94. The van der Waals surface area contributed by atoms with E-state index in [1.165, 1.54) is 6.08 Å². The third-order valence-electron chi connectivity index (χ3n) is 2.68. The monoisotopic (exact) mass is 277 g/mol. The molecule has 1 saturated heterocycles. The van der Waals surface area contributed by atoms with Crippen molar-refractivity contribution in [3.8, 4) is 0 Å². The van der Waals surface area contributed by atoms with Crippen LogP contribution in [0.15, 0.2) is 30.3 Å². The number of benzene rings is 1. The molecule has 6 nitrogen and oxygen atoms in total. The molecule has 20 heavy (non-hydrogen) atoms. The second-order valence-corrected chi connectivity index (χ2v) is 4.22. The van der Waals surface area contributed by atoms with Gasteiger partial charge >= 0.3 is 5.97 Å². The first-order valence-electron chi connectivity index (χ1n) is 6.16. The van der Waals surface area contributed by atoms with Crippen molar-refractivity contribution in [1.82, 2.24) is 0 Å². The SMILES string of the molecule is O=C(O)C=Cc1cccc(NC(=O)C2COCCO2)c1. The Balaban J connectivity index is 2.00. The summed E-state index contributed by atoms with van der Waals surface area (Å²) in [6.07, 6.45) is 1.89. The van der Waals surface area contributed by atoms with Crippen LogP contribution in [0.2, 0.25) is 0 Å². The number of aliphatic carboxylic acids is 1. The number of rotatable bonds is 4. The lowest BCUT2D eigenvalue weighted by atomic mass is 10.2. The highest BCUT2D eigenvalue weighted by Gasteiger charge is 2.22. The number of carboxylic acids is 1. The number of hydrogen-bond donors (Lipinski definition) is 2. The maximum absolute atomic E-state index is 11.9. The molecule has 106 valence electrons. The van der Waals surface area contributed by atoms with Gasteiger partial charge in [-0.3, -0.25) is 4.79 Å². The Bertz CT molecular complexity index is 520. The molecule has 1 atom stereocenters. The van der Waals surface area contributed by atoms with E-state index in [1.807, 2.05) is 0 Å². The Morgan fingerprint density at radius 2 is 2.20 bits per heavy atom. The molecule has 1 aliphatic heterocycles. The van der Waals surface area contributed by atoms with E-state index in [4.69, 9.17) is 14.6 Å². The van der Waals surface area contributed by atoms with Gasteiger partial charge < -0.3 is 19.9 Å². The third-order valence-corrected chi connectivity index (χ3v) is 2.68. The maximum atomic E-state index is 11.9. The average molecular weight is 277 g/mol. The van der Waals surface area contributed by atoms with Crippen LogP contribution in [0.1, 0.15) is 5.56 Å². The Labute approximate surface area is 116 Å². The summed E-state index contributed by atoms with van der Waals surface area (Å²) in [5.74, 6) is -1.30. The molecule has 2 rings (SSSR count). The summed E-state index contributed by atoms with van der Waals surface area (Å²) >= 11 is 0. The van der Waals surface area contributed by atoms with Gasteiger partial charge in [0, 0.05) is 11.8 Å². The van der Waals surface area contributed by atoms with Crippen LogP contribution in [0, 0.1) is 0 Å². The normalized spacial score (nSPS) is 18.9. The number of carbonyl (C=O) groups is 2. The van der Waals surface area contributed by atoms with Crippen LogP contribution in [-0.4, -0.2) is 42.9 Å². The van der Waals surface area contributed by atoms with E-state index in [0.29, 0.717) is 24.5 Å². The van der Waals surface area contributed by atoms with E-state index in [2.05, 4.69) is 5.32 Å². The van der Waals surface area contributed by atoms with Crippen LogP contribution in [0.4, 0.5) is 5.69 Å². The number of nitrogens with one attached hydrogen (secondary N) is 1. The highest BCUT2D eigenvalue weighted by Crippen LogP contribution is 2.13. The van der Waals surface area contributed by atoms with Gasteiger partial charge in [-0.25, -0.2) is 4.79 Å². The topological polar surface area (TPSA) is 84.9 Å². The second-order valence-electron chi connectivity index (χ2n) is 4.22. The molecule has 0 aromatic heterocycles. The van der Waals surface area contributed by atoms with Gasteiger partial charge in [0.25, 0.3) is 5.91 Å². The molecule has 0 bridgehead atoms. The third kappa shape index (κ3) is 4.18. The largest absolute Gasteiger partial charge is 0.478 e. The van der Waals surface area contributed by atoms with Crippen LogP contribution in [0.25, 0.3) is 6.08 Å². The lowest BCUT2D eigenvalue weighted by Gasteiger charge is -2.22. The summed E-state index contributed by atoms with van der Waals surface area (Å²) < 4.78 is 10.5. The van der Waals surface area contributed by atoms with Crippen molar-refractivity contribution in [3.05, 3.63) is 35.9 Å². The zero-order valence-corrected chi connectivity index (χ0v) is 10.7. The lowest BCUT2D eigenvalue weighted by Crippen LogP contribution is -2.39. The molecule has 6 heteroatoms. The maximum Gasteiger partial charge on any atom is 0.328 e. The molecular formula is C14H15NO5. The molecule has 0 spiro atoms. The van der Waals surface area contributed by atoms with Gasteiger partial charge in [0.2, 0.25) is 0 Å². The van der Waals surface area contributed by atoms with Crippen molar-refractivity contribution in [2.75, 3.05) is 25.1 Å². The molecule has 0 aliphatic carbocycles. The van der Waals surface area contributed by atoms with E-state index >= 15 is 0 Å². The molecule has 1 heterocycles. The molecule has 1 aromatic rings. The minimum absolute atomic E-state index is 0.241. The van der Waals surface area contributed by atoms with E-state index in [9.17, 15) is 9.59 Å². The minimum Gasteiger partial charge on any atom is -0.478 e. The molecule has 2 N–H and O–H groups in total. The van der Waals surface area contributed by atoms with Crippen LogP contribution in [0.5, 0.6) is 0 Å². The molecule has 1 fully saturated rings. The fourth-order valence-corrected chi connectivity index (χ4v) is 1.75. The molecule has 1 aromatic carbocycles. The first kappa shape index (κ1) is 14.2. The van der Waals surface area contributed by atoms with Gasteiger partial charge in [-0.1, -0.05) is 12.1 Å². The van der Waals surface area contributed by atoms with Crippen molar-refractivity contribution in [3.63, 3.8) is 0 Å². The molecular weight excluding hydrogens is 262 g/mol. The van der Waals surface area contributed by atoms with Crippen molar-refractivity contribution in [2.45, 2.75) is 6.10 Å². The lowest BCUT2D eigenvalue weighted by molar-refractivity contribution is -0.142. The standard InChI is InChI=1S/C14H15NO5/c16-13(17)5-4-10-2-1-3-11(8-10)15-14(18)12-9-19-6-7-20-12/h1-5,8,12H,6-7,9H2,(H,15,18)(H,16,17). The Morgan fingerprint density at radius 1 is 1.35 bits per heavy atom. The summed E-state index contributed by atoms with van der Waals surface area (Å²) in [5, 5.41) is 11.3. The first-order valence-corrected chi connectivity index (χ1v) is 6.16. The van der Waals surface area contributed by atoms with Crippen LogP contribution in [-0.2, 0) is 19.1 Å². The van der Waals surface area contributed by atoms with Crippen LogP contribution < -0.4 is 5.32 Å². The fourth-order valence-electron chi connectivity index (χ4n) is 1.75. The predicted octanol–water partition coefficient (Wildman–Crippen LogP) is 1.14. The minimum atomic E-state index is -1.02. The summed E-state index contributed by atoms with van der Waals surface area (Å²) in [7, 11) is 0. The number of carboxylic acid groups (broad SMARTS) is 1. The van der Waals surface area contributed by atoms with E-state index < -0.39 is 12.1 Å². The molecule has 1 amide bonds. The van der Waals surface area contributed by atoms with Gasteiger partial charge in [0.05, 0.1) is 19.8 Å². The summed E-state index contributed by atoms with van der Waals surface area (Å²) in [6.45, 7) is 1.14. The Kier molecular flexibility index (Phi) is 4.86. The quantitative estimate of drug-likeness (QED) is 0.806. The van der Waals surface area contributed by atoms with Gasteiger partial charge in [-0.15, -0.1) is 0 Å². The van der Waals surface area contributed by atoms with Gasteiger partial charge in [-0.2, -0.15) is 0 Å². The highest BCUT2D eigenvalue weighted by atomic mass is 16.6. The first-order chi connectivity index (χ1) is 9.65. The Hall–Kier alpha value is -2.18. The number of anilines is 1. The smallest absolute Gasteiger partial charge is 0.328 e. The molecule has 0 radical (unpaired) electrons. The van der Waals surface area contributed by atoms with Gasteiger partial charge in [-0.05, 0) is 23.8 Å². The van der Waals surface area contributed by atoms with E-state index in [1.54, 1.807) is 24.3 Å². The summed E-state index contributed by atoms with van der Waals surface area (Å²) in [5.41, 5.74) is 1.27. The van der Waals surface area contributed by atoms with Crippen LogP contribution in [0.3, 0.4) is 0 Å². The number of ether oxygens (including phenoxy) is 2. The molecule has 1 aliphatic rings. The fraction of sp³-hybridized carbons (Fsp3) is 0.286. The van der Waals surface area contributed by atoms with Gasteiger partial charge in [0.15, 0.2) is 6.10 Å². The van der Waals surface area contributed by atoms with Crippen molar-refractivity contribution in [2.24, 2.45) is 0 Å². The van der Waals surface area contributed by atoms with Crippen molar-refractivity contribution >= 4 is 23.6 Å². The van der Waals surface area contributed by atoms with Crippen molar-refractivity contribution < 1.29 is 24.2 Å². The number of carbonyl (C=O) groups excluding carboxylic acids is 1. The Morgan fingerprint density at radius 3 is 2.90 bits per heavy atom. The number of amides is 1. The average Bonchev–Trinajstić information content (AvgIpc) is 2.46. The zero-order valence-electron chi connectivity index (χ0n) is 10.7. The summed E-state index contributed by atoms with van der Waals surface area (Å²) in [6, 6.07) is 6.88. The van der Waals surface area contributed by atoms with Gasteiger partial charge in [0.1, 0.15) is 0 Å². The number of hydrogen-bond acceptors (Lipinski definition) is 4.